The van der Waals surface area contributed by atoms with Crippen LogP contribution in [0.1, 0.15) is 39.2 Å². The Morgan fingerprint density at radius 1 is 1.07 bits per heavy atom. The highest BCUT2D eigenvalue weighted by molar-refractivity contribution is 7.99. The second-order valence-electron chi connectivity index (χ2n) is 7.05. The highest BCUT2D eigenvalue weighted by Crippen LogP contribution is 2.19. The number of rotatable bonds is 10. The van der Waals surface area contributed by atoms with Gasteiger partial charge in [-0.05, 0) is 50.1 Å². The highest BCUT2D eigenvalue weighted by atomic mass is 32.2. The summed E-state index contributed by atoms with van der Waals surface area (Å²) in [4.78, 5) is 28.3. The summed E-state index contributed by atoms with van der Waals surface area (Å²) in [5, 5.41) is 2.94. The maximum absolute atomic E-state index is 13.2. The van der Waals surface area contributed by atoms with Crippen molar-refractivity contribution in [2.75, 3.05) is 5.75 Å². The molecule has 2 aromatic rings. The van der Waals surface area contributed by atoms with E-state index in [1.807, 2.05) is 44.2 Å². The predicted molar refractivity (Wildman–Crippen MR) is 116 cm³/mol. The summed E-state index contributed by atoms with van der Waals surface area (Å²) >= 11 is 1.61. The Kier molecular flexibility index (Phi) is 9.19. The average Bonchev–Trinajstić information content (AvgIpc) is 2.73. The van der Waals surface area contributed by atoms with Crippen LogP contribution in [0.3, 0.4) is 0 Å². The van der Waals surface area contributed by atoms with Gasteiger partial charge in [0.15, 0.2) is 0 Å². The van der Waals surface area contributed by atoms with Gasteiger partial charge in [-0.1, -0.05) is 37.3 Å². The van der Waals surface area contributed by atoms with Gasteiger partial charge in [0.25, 0.3) is 0 Å². The third-order valence-electron chi connectivity index (χ3n) is 4.76. The van der Waals surface area contributed by atoms with Gasteiger partial charge in [-0.25, -0.2) is 4.39 Å². The van der Waals surface area contributed by atoms with Crippen molar-refractivity contribution in [3.63, 3.8) is 0 Å². The van der Waals surface area contributed by atoms with E-state index in [1.54, 1.807) is 35.7 Å². The predicted octanol–water partition coefficient (Wildman–Crippen LogP) is 4.64. The molecule has 0 aliphatic heterocycles. The number of hydrogen-bond acceptors (Lipinski definition) is 3. The Morgan fingerprint density at radius 2 is 1.72 bits per heavy atom. The largest absolute Gasteiger partial charge is 0.352 e. The van der Waals surface area contributed by atoms with Crippen LogP contribution in [0.15, 0.2) is 59.5 Å². The molecular formula is C23H29FN2O2S. The van der Waals surface area contributed by atoms with Gasteiger partial charge in [-0.2, -0.15) is 0 Å². The monoisotopic (exact) mass is 416 g/mol. The van der Waals surface area contributed by atoms with Crippen molar-refractivity contribution in [1.29, 1.82) is 0 Å². The van der Waals surface area contributed by atoms with Gasteiger partial charge in [0.05, 0.1) is 0 Å². The molecule has 0 aliphatic rings. The first-order valence-corrected chi connectivity index (χ1v) is 10.9. The fourth-order valence-electron chi connectivity index (χ4n) is 2.75. The first-order chi connectivity index (χ1) is 13.9. The number of thioether (sulfide) groups is 1. The Hall–Kier alpha value is -2.34. The lowest BCUT2D eigenvalue weighted by Crippen LogP contribution is -2.49. The van der Waals surface area contributed by atoms with E-state index in [-0.39, 0.29) is 30.2 Å². The minimum absolute atomic E-state index is 0.0429. The van der Waals surface area contributed by atoms with Gasteiger partial charge in [-0.15, -0.1) is 11.8 Å². The molecule has 0 bridgehead atoms. The zero-order chi connectivity index (χ0) is 21.2. The molecule has 2 rings (SSSR count). The Bertz CT molecular complexity index is 783. The normalized spacial score (nSPS) is 12.8. The number of carbonyl (C=O) groups excluding carboxylic acids is 2. The number of hydrogen-bond donors (Lipinski definition) is 1. The molecule has 0 aliphatic carbocycles. The third kappa shape index (κ3) is 7.54. The molecule has 0 fully saturated rings. The summed E-state index contributed by atoms with van der Waals surface area (Å²) < 4.78 is 13.2. The van der Waals surface area contributed by atoms with Crippen molar-refractivity contribution < 1.29 is 14.0 Å². The van der Waals surface area contributed by atoms with E-state index in [4.69, 9.17) is 0 Å². The smallest absolute Gasteiger partial charge is 0.242 e. The summed E-state index contributed by atoms with van der Waals surface area (Å²) in [6, 6.07) is 15.4. The van der Waals surface area contributed by atoms with E-state index in [0.29, 0.717) is 12.2 Å². The standard InChI is InChI=1S/C23H29FN2O2S/c1-4-17(2)25-23(28)18(3)26(16-19-10-12-20(24)13-11-19)22(27)14-15-29-21-8-6-5-7-9-21/h5-13,17-18H,4,14-16H2,1-3H3,(H,25,28)/t17-,18+/m0/s1. The van der Waals surface area contributed by atoms with Gasteiger partial charge in [0.1, 0.15) is 11.9 Å². The highest BCUT2D eigenvalue weighted by Gasteiger charge is 2.26. The Morgan fingerprint density at radius 3 is 2.34 bits per heavy atom. The molecule has 2 atom stereocenters. The molecule has 1 N–H and O–H groups in total. The van der Waals surface area contributed by atoms with Crippen LogP contribution < -0.4 is 5.32 Å². The molecule has 0 unspecified atom stereocenters. The van der Waals surface area contributed by atoms with Crippen LogP contribution in [0, 0.1) is 5.82 Å². The second-order valence-corrected chi connectivity index (χ2v) is 8.22. The Labute approximate surface area is 176 Å². The van der Waals surface area contributed by atoms with Crippen molar-refractivity contribution in [3.05, 3.63) is 66.0 Å². The molecule has 0 spiro atoms. The van der Waals surface area contributed by atoms with Gasteiger partial charge in [0, 0.05) is 29.7 Å². The average molecular weight is 417 g/mol. The second kappa shape index (κ2) is 11.6. The van der Waals surface area contributed by atoms with Crippen LogP contribution in [-0.2, 0) is 16.1 Å². The van der Waals surface area contributed by atoms with Crippen molar-refractivity contribution in [2.45, 2.75) is 57.1 Å². The maximum atomic E-state index is 13.2. The van der Waals surface area contributed by atoms with E-state index in [1.165, 1.54) is 12.1 Å². The number of halogens is 1. The van der Waals surface area contributed by atoms with Gasteiger partial charge in [0.2, 0.25) is 11.8 Å². The topological polar surface area (TPSA) is 49.4 Å². The Balaban J connectivity index is 2.06. The molecule has 4 nitrogen and oxygen atoms in total. The molecule has 29 heavy (non-hydrogen) atoms. The van der Waals surface area contributed by atoms with Crippen LogP contribution in [-0.4, -0.2) is 34.6 Å². The van der Waals surface area contributed by atoms with Crippen LogP contribution in [0.2, 0.25) is 0 Å². The van der Waals surface area contributed by atoms with Gasteiger partial charge >= 0.3 is 0 Å². The summed E-state index contributed by atoms with van der Waals surface area (Å²) in [5.41, 5.74) is 0.790. The van der Waals surface area contributed by atoms with Crippen LogP contribution in [0.5, 0.6) is 0 Å². The lowest BCUT2D eigenvalue weighted by Gasteiger charge is -2.29. The maximum Gasteiger partial charge on any atom is 0.242 e. The van der Waals surface area contributed by atoms with Gasteiger partial charge < -0.3 is 10.2 Å². The first kappa shape index (κ1) is 22.9. The molecular weight excluding hydrogens is 387 g/mol. The zero-order valence-corrected chi connectivity index (χ0v) is 18.0. The molecule has 2 amide bonds. The summed E-state index contributed by atoms with van der Waals surface area (Å²) in [5.74, 6) is 0.0335. The molecule has 2 aromatic carbocycles. The number of nitrogens with one attached hydrogen (secondary N) is 1. The molecule has 0 heterocycles. The number of carbonyl (C=O) groups is 2. The number of benzene rings is 2. The third-order valence-corrected chi connectivity index (χ3v) is 5.78. The van der Waals surface area contributed by atoms with Crippen LogP contribution in [0.4, 0.5) is 4.39 Å². The molecule has 6 heteroatoms. The van der Waals surface area contributed by atoms with Crippen LogP contribution >= 0.6 is 11.8 Å². The van der Waals surface area contributed by atoms with Crippen LogP contribution in [0.25, 0.3) is 0 Å². The van der Waals surface area contributed by atoms with E-state index in [2.05, 4.69) is 5.32 Å². The molecule has 0 radical (unpaired) electrons. The molecule has 0 aromatic heterocycles. The van der Waals surface area contributed by atoms with E-state index >= 15 is 0 Å². The molecule has 156 valence electrons. The van der Waals surface area contributed by atoms with Crippen molar-refractivity contribution in [2.24, 2.45) is 0 Å². The fourth-order valence-corrected chi connectivity index (χ4v) is 3.61. The quantitative estimate of drug-likeness (QED) is 0.574. The fraction of sp³-hybridized carbons (Fsp3) is 0.391. The first-order valence-electron chi connectivity index (χ1n) is 9.92. The lowest BCUT2D eigenvalue weighted by atomic mass is 10.1. The summed E-state index contributed by atoms with van der Waals surface area (Å²) in [6.45, 7) is 5.94. The summed E-state index contributed by atoms with van der Waals surface area (Å²) in [6.07, 6.45) is 1.14. The van der Waals surface area contributed by atoms with Crippen molar-refractivity contribution in [1.82, 2.24) is 10.2 Å². The molecule has 0 saturated heterocycles. The minimum atomic E-state index is -0.608. The number of amides is 2. The SMILES string of the molecule is CC[C@H](C)NC(=O)[C@@H](C)N(Cc1ccc(F)cc1)C(=O)CCSc1ccccc1. The van der Waals surface area contributed by atoms with Gasteiger partial charge in [-0.3, -0.25) is 9.59 Å². The van der Waals surface area contributed by atoms with E-state index in [9.17, 15) is 14.0 Å². The molecule has 0 saturated carbocycles. The van der Waals surface area contributed by atoms with E-state index < -0.39 is 6.04 Å². The minimum Gasteiger partial charge on any atom is -0.352 e. The number of nitrogens with zero attached hydrogens (tertiary/aromatic N) is 1. The lowest BCUT2D eigenvalue weighted by molar-refractivity contribution is -0.140. The summed E-state index contributed by atoms with van der Waals surface area (Å²) in [7, 11) is 0. The zero-order valence-electron chi connectivity index (χ0n) is 17.2. The van der Waals surface area contributed by atoms with E-state index in [0.717, 1.165) is 16.9 Å². The van der Waals surface area contributed by atoms with Crippen molar-refractivity contribution in [3.8, 4) is 0 Å². The van der Waals surface area contributed by atoms with Crippen molar-refractivity contribution >= 4 is 23.6 Å².